The molecule has 1 aromatic heterocycles. The fraction of sp³-hybridized carbons (Fsp3) is 0.444. The lowest BCUT2D eigenvalue weighted by atomic mass is 10.3. The molecule has 0 bridgehead atoms. The number of aryl methyl sites for hydroxylation is 1. The Morgan fingerprint density at radius 3 is 3.00 bits per heavy atom. The summed E-state index contributed by atoms with van der Waals surface area (Å²) in [6.45, 7) is 6.16. The molecule has 0 aliphatic rings. The fourth-order valence-corrected chi connectivity index (χ4v) is 0.866. The maximum absolute atomic E-state index is 4.92. The number of hydrogen-bond donors (Lipinski definition) is 0. The Morgan fingerprint density at radius 2 is 2.38 bits per heavy atom. The summed E-state index contributed by atoms with van der Waals surface area (Å²) in [6, 6.07) is 1.81. The molecule has 1 aromatic rings. The van der Waals surface area contributed by atoms with E-state index >= 15 is 0 Å². The summed E-state index contributed by atoms with van der Waals surface area (Å²) >= 11 is 0. The Kier molecular flexibility index (Phi) is 3.37. The highest BCUT2D eigenvalue weighted by Crippen LogP contribution is 1.97. The van der Waals surface area contributed by atoms with Crippen molar-refractivity contribution in [3.8, 4) is 0 Å². The zero-order chi connectivity index (χ0) is 9.68. The van der Waals surface area contributed by atoms with Crippen LogP contribution in [0.5, 0.6) is 0 Å². The van der Waals surface area contributed by atoms with Gasteiger partial charge in [0.1, 0.15) is 18.1 Å². The third-order valence-corrected chi connectivity index (χ3v) is 1.48. The van der Waals surface area contributed by atoms with Gasteiger partial charge in [-0.15, -0.1) is 0 Å². The number of nitrogens with zero attached hydrogens (tertiary/aromatic N) is 3. The Hall–Kier alpha value is -1.45. The van der Waals surface area contributed by atoms with E-state index in [1.165, 1.54) is 0 Å². The Morgan fingerprint density at radius 1 is 1.62 bits per heavy atom. The van der Waals surface area contributed by atoms with Crippen LogP contribution in [0.15, 0.2) is 17.4 Å². The molecule has 1 heterocycles. The van der Waals surface area contributed by atoms with Crippen LogP contribution in [0.1, 0.15) is 25.4 Å². The van der Waals surface area contributed by atoms with Crippen molar-refractivity contribution in [1.82, 2.24) is 9.97 Å². The first kappa shape index (κ1) is 9.64. The second kappa shape index (κ2) is 4.54. The van der Waals surface area contributed by atoms with Gasteiger partial charge in [0.2, 0.25) is 0 Å². The van der Waals surface area contributed by atoms with Crippen molar-refractivity contribution in [2.24, 2.45) is 5.16 Å². The summed E-state index contributed by atoms with van der Waals surface area (Å²) in [6.07, 6.45) is 1.71. The third kappa shape index (κ3) is 2.82. The van der Waals surface area contributed by atoms with Gasteiger partial charge in [0.25, 0.3) is 0 Å². The minimum absolute atomic E-state index is 0.571. The van der Waals surface area contributed by atoms with Gasteiger partial charge in [-0.25, -0.2) is 9.97 Å². The van der Waals surface area contributed by atoms with Crippen molar-refractivity contribution < 1.29 is 4.84 Å². The van der Waals surface area contributed by atoms with E-state index in [0.717, 1.165) is 17.2 Å². The Bertz CT molecular complexity index is 309. The third-order valence-electron chi connectivity index (χ3n) is 1.48. The lowest BCUT2D eigenvalue weighted by Crippen LogP contribution is -2.01. The summed E-state index contributed by atoms with van der Waals surface area (Å²) in [5.41, 5.74) is 1.58. The molecule has 0 aliphatic carbocycles. The van der Waals surface area contributed by atoms with E-state index in [9.17, 15) is 0 Å². The second-order valence-corrected chi connectivity index (χ2v) is 2.58. The molecule has 0 unspecified atom stereocenters. The molecule has 1 rings (SSSR count). The van der Waals surface area contributed by atoms with Gasteiger partial charge in [-0.1, -0.05) is 5.16 Å². The van der Waals surface area contributed by atoms with Crippen LogP contribution in [0.3, 0.4) is 0 Å². The zero-order valence-corrected chi connectivity index (χ0v) is 8.11. The van der Waals surface area contributed by atoms with Gasteiger partial charge in [-0.05, 0) is 26.8 Å². The minimum atomic E-state index is 0.571. The van der Waals surface area contributed by atoms with Gasteiger partial charge >= 0.3 is 0 Å². The zero-order valence-electron chi connectivity index (χ0n) is 8.11. The summed E-state index contributed by atoms with van der Waals surface area (Å²) in [4.78, 5) is 13.1. The highest BCUT2D eigenvalue weighted by atomic mass is 16.6. The van der Waals surface area contributed by atoms with Gasteiger partial charge in [0.05, 0.1) is 5.69 Å². The van der Waals surface area contributed by atoms with Crippen LogP contribution in [0.25, 0.3) is 0 Å². The molecule has 0 saturated carbocycles. The normalized spacial score (nSPS) is 11.5. The van der Waals surface area contributed by atoms with Gasteiger partial charge in [-0.2, -0.15) is 0 Å². The lowest BCUT2D eigenvalue weighted by Gasteiger charge is -1.99. The van der Waals surface area contributed by atoms with Crippen LogP contribution in [-0.4, -0.2) is 22.3 Å². The van der Waals surface area contributed by atoms with Gasteiger partial charge in [0, 0.05) is 6.20 Å². The molecule has 4 nitrogen and oxygen atoms in total. The molecule has 13 heavy (non-hydrogen) atoms. The van der Waals surface area contributed by atoms with Gasteiger partial charge in [0.15, 0.2) is 0 Å². The summed E-state index contributed by atoms with van der Waals surface area (Å²) in [5, 5.41) is 3.88. The molecule has 0 amide bonds. The van der Waals surface area contributed by atoms with Crippen LogP contribution in [0, 0.1) is 6.92 Å². The molecule has 0 radical (unpaired) electrons. The highest BCUT2D eigenvalue weighted by Gasteiger charge is 1.99. The molecular formula is C9H13N3O. The molecule has 4 heteroatoms. The standard InChI is InChI=1S/C9H13N3O/c1-4-13-12-7(2)9-5-6-10-8(3)11-9/h5-6H,4H2,1-3H3/b12-7-. The second-order valence-electron chi connectivity index (χ2n) is 2.58. The Labute approximate surface area is 77.7 Å². The number of oxime groups is 1. The molecule has 0 saturated heterocycles. The van der Waals surface area contributed by atoms with Crippen LogP contribution < -0.4 is 0 Å². The van der Waals surface area contributed by atoms with E-state index in [4.69, 9.17) is 4.84 Å². The van der Waals surface area contributed by atoms with Crippen LogP contribution in [-0.2, 0) is 4.84 Å². The topological polar surface area (TPSA) is 47.4 Å². The van der Waals surface area contributed by atoms with E-state index < -0.39 is 0 Å². The summed E-state index contributed by atoms with van der Waals surface area (Å²) in [5.74, 6) is 0.739. The number of rotatable bonds is 3. The molecular weight excluding hydrogens is 166 g/mol. The van der Waals surface area contributed by atoms with E-state index in [1.807, 2.05) is 26.8 Å². The maximum atomic E-state index is 4.92. The first-order valence-corrected chi connectivity index (χ1v) is 4.20. The minimum Gasteiger partial charge on any atom is -0.396 e. The van der Waals surface area contributed by atoms with Crippen molar-refractivity contribution in [3.05, 3.63) is 23.8 Å². The lowest BCUT2D eigenvalue weighted by molar-refractivity contribution is 0.159. The quantitative estimate of drug-likeness (QED) is 0.522. The SMILES string of the molecule is CCO/N=C(/C)c1ccnc(C)n1. The fourth-order valence-electron chi connectivity index (χ4n) is 0.866. The number of aromatic nitrogens is 2. The van der Waals surface area contributed by atoms with E-state index in [0.29, 0.717) is 6.61 Å². The summed E-state index contributed by atoms with van der Waals surface area (Å²) in [7, 11) is 0. The van der Waals surface area contributed by atoms with Crippen LogP contribution >= 0.6 is 0 Å². The highest BCUT2D eigenvalue weighted by molar-refractivity contribution is 5.96. The summed E-state index contributed by atoms with van der Waals surface area (Å²) < 4.78 is 0. The van der Waals surface area contributed by atoms with Crippen molar-refractivity contribution in [2.45, 2.75) is 20.8 Å². The molecule has 0 aromatic carbocycles. The van der Waals surface area contributed by atoms with Crippen LogP contribution in [0.4, 0.5) is 0 Å². The molecule has 0 fully saturated rings. The van der Waals surface area contributed by atoms with E-state index in [-0.39, 0.29) is 0 Å². The maximum Gasteiger partial charge on any atom is 0.125 e. The molecule has 0 N–H and O–H groups in total. The number of hydrogen-bond acceptors (Lipinski definition) is 4. The van der Waals surface area contributed by atoms with Crippen molar-refractivity contribution >= 4 is 5.71 Å². The first-order valence-electron chi connectivity index (χ1n) is 4.20. The average molecular weight is 179 g/mol. The smallest absolute Gasteiger partial charge is 0.125 e. The van der Waals surface area contributed by atoms with Crippen molar-refractivity contribution in [1.29, 1.82) is 0 Å². The monoisotopic (exact) mass is 179 g/mol. The van der Waals surface area contributed by atoms with Crippen molar-refractivity contribution in [3.63, 3.8) is 0 Å². The molecule has 70 valence electrons. The predicted octanol–water partition coefficient (Wildman–Crippen LogP) is 1.55. The van der Waals surface area contributed by atoms with Gasteiger partial charge in [-0.3, -0.25) is 0 Å². The molecule has 0 aliphatic heterocycles. The molecule has 0 atom stereocenters. The molecule has 0 spiro atoms. The Balaban J connectivity index is 2.82. The van der Waals surface area contributed by atoms with Crippen LogP contribution in [0.2, 0.25) is 0 Å². The van der Waals surface area contributed by atoms with Gasteiger partial charge < -0.3 is 4.84 Å². The van der Waals surface area contributed by atoms with E-state index in [1.54, 1.807) is 6.20 Å². The van der Waals surface area contributed by atoms with Crippen molar-refractivity contribution in [2.75, 3.05) is 6.61 Å². The van der Waals surface area contributed by atoms with E-state index in [2.05, 4.69) is 15.1 Å². The predicted molar refractivity (Wildman–Crippen MR) is 50.6 cm³/mol. The average Bonchev–Trinajstić information content (AvgIpc) is 2.14. The first-order chi connectivity index (χ1) is 6.24. The largest absolute Gasteiger partial charge is 0.396 e.